The second-order valence-electron chi connectivity index (χ2n) is 2.79. The van der Waals surface area contributed by atoms with Gasteiger partial charge in [-0.2, -0.15) is 5.26 Å². The third-order valence-electron chi connectivity index (χ3n) is 1.82. The van der Waals surface area contributed by atoms with Crippen molar-refractivity contribution in [2.45, 2.75) is 25.3 Å². The molecular formula is C8H16N2O. The van der Waals surface area contributed by atoms with Crippen LogP contribution in [0.1, 0.15) is 19.8 Å². The molecule has 1 unspecified atom stereocenters. The van der Waals surface area contributed by atoms with E-state index >= 15 is 0 Å². The van der Waals surface area contributed by atoms with E-state index in [1.807, 2.05) is 6.92 Å². The summed E-state index contributed by atoms with van der Waals surface area (Å²) in [4.78, 5) is 0. The van der Waals surface area contributed by atoms with Crippen LogP contribution in [-0.2, 0) is 4.74 Å². The van der Waals surface area contributed by atoms with Crippen LogP contribution in [0.2, 0.25) is 0 Å². The second kappa shape index (κ2) is 5.11. The van der Waals surface area contributed by atoms with Crippen LogP contribution < -0.4 is 5.32 Å². The van der Waals surface area contributed by atoms with Crippen molar-refractivity contribution in [3.8, 4) is 6.07 Å². The van der Waals surface area contributed by atoms with Gasteiger partial charge in [-0.1, -0.05) is 0 Å². The van der Waals surface area contributed by atoms with Crippen molar-refractivity contribution in [3.63, 3.8) is 0 Å². The molecule has 0 bridgehead atoms. The number of nitrogens with zero attached hydrogens (tertiary/aromatic N) is 1. The van der Waals surface area contributed by atoms with Gasteiger partial charge >= 0.3 is 0 Å². The van der Waals surface area contributed by atoms with Crippen molar-refractivity contribution >= 4 is 0 Å². The molecule has 11 heavy (non-hydrogen) atoms. The lowest BCUT2D eigenvalue weighted by Crippen LogP contribution is -2.38. The van der Waals surface area contributed by atoms with Gasteiger partial charge in [0, 0.05) is 13.7 Å². The summed E-state index contributed by atoms with van der Waals surface area (Å²) in [6.45, 7) is 2.61. The standard InChI is InChI=1S/C8H16N2O/c1-8(7-9,10-2)5-4-6-11-3/h10H,4-6H2,1-3H3. The van der Waals surface area contributed by atoms with Gasteiger partial charge in [-0.15, -0.1) is 0 Å². The van der Waals surface area contributed by atoms with Crippen molar-refractivity contribution in [1.82, 2.24) is 5.32 Å². The molecule has 0 aromatic rings. The van der Waals surface area contributed by atoms with Crippen molar-refractivity contribution < 1.29 is 4.74 Å². The zero-order valence-corrected chi connectivity index (χ0v) is 7.48. The fourth-order valence-electron chi connectivity index (χ4n) is 0.807. The van der Waals surface area contributed by atoms with Gasteiger partial charge in [-0.05, 0) is 26.8 Å². The summed E-state index contributed by atoms with van der Waals surface area (Å²) < 4.78 is 4.89. The summed E-state index contributed by atoms with van der Waals surface area (Å²) >= 11 is 0. The Bertz CT molecular complexity index is 142. The van der Waals surface area contributed by atoms with Gasteiger partial charge in [-0.25, -0.2) is 0 Å². The van der Waals surface area contributed by atoms with Gasteiger partial charge in [0.1, 0.15) is 5.54 Å². The maximum atomic E-state index is 8.73. The Labute approximate surface area is 68.3 Å². The molecule has 1 N–H and O–H groups in total. The number of hydrogen-bond acceptors (Lipinski definition) is 3. The summed E-state index contributed by atoms with van der Waals surface area (Å²) in [5, 5.41) is 11.7. The van der Waals surface area contributed by atoms with Gasteiger partial charge < -0.3 is 10.1 Å². The molecule has 0 fully saturated rings. The van der Waals surface area contributed by atoms with Gasteiger partial charge in [-0.3, -0.25) is 0 Å². The number of hydrogen-bond donors (Lipinski definition) is 1. The molecule has 3 heteroatoms. The molecule has 0 amide bonds. The Balaban J connectivity index is 3.63. The van der Waals surface area contributed by atoms with Crippen molar-refractivity contribution in [1.29, 1.82) is 5.26 Å². The molecule has 0 saturated carbocycles. The van der Waals surface area contributed by atoms with Crippen LogP contribution in [0.15, 0.2) is 0 Å². The topological polar surface area (TPSA) is 45.0 Å². The SMILES string of the molecule is CNC(C)(C#N)CCCOC. The fourth-order valence-corrected chi connectivity index (χ4v) is 0.807. The van der Waals surface area contributed by atoms with Crippen LogP contribution in [0, 0.1) is 11.3 Å². The minimum Gasteiger partial charge on any atom is -0.385 e. The van der Waals surface area contributed by atoms with Crippen molar-refractivity contribution in [3.05, 3.63) is 0 Å². The summed E-state index contributed by atoms with van der Waals surface area (Å²) in [7, 11) is 3.47. The lowest BCUT2D eigenvalue weighted by molar-refractivity contribution is 0.186. The zero-order chi connectivity index (χ0) is 8.74. The molecule has 0 aliphatic rings. The molecule has 0 spiro atoms. The number of nitrogens with one attached hydrogen (secondary N) is 1. The molecule has 1 atom stereocenters. The average molecular weight is 156 g/mol. The lowest BCUT2D eigenvalue weighted by Gasteiger charge is -2.19. The molecule has 0 saturated heterocycles. The monoisotopic (exact) mass is 156 g/mol. The first-order chi connectivity index (χ1) is 5.18. The molecule has 0 radical (unpaired) electrons. The molecule has 0 heterocycles. The number of methoxy groups -OCH3 is 1. The van der Waals surface area contributed by atoms with Gasteiger partial charge in [0.05, 0.1) is 6.07 Å². The molecule has 3 nitrogen and oxygen atoms in total. The highest BCUT2D eigenvalue weighted by atomic mass is 16.5. The van der Waals surface area contributed by atoms with E-state index in [1.54, 1.807) is 14.2 Å². The molecule has 0 aliphatic heterocycles. The maximum absolute atomic E-state index is 8.73. The highest BCUT2D eigenvalue weighted by Gasteiger charge is 2.19. The summed E-state index contributed by atoms with van der Waals surface area (Å²) in [6, 6.07) is 2.22. The smallest absolute Gasteiger partial charge is 0.103 e. The zero-order valence-electron chi connectivity index (χ0n) is 7.48. The first kappa shape index (κ1) is 10.4. The minimum atomic E-state index is -0.390. The van der Waals surface area contributed by atoms with Gasteiger partial charge in [0.15, 0.2) is 0 Å². The quantitative estimate of drug-likeness (QED) is 0.602. The molecule has 0 aromatic heterocycles. The van der Waals surface area contributed by atoms with Crippen LogP contribution >= 0.6 is 0 Å². The third-order valence-corrected chi connectivity index (χ3v) is 1.82. The van der Waals surface area contributed by atoms with Crippen LogP contribution in [0.3, 0.4) is 0 Å². The van der Waals surface area contributed by atoms with E-state index in [9.17, 15) is 0 Å². The lowest BCUT2D eigenvalue weighted by atomic mass is 9.98. The number of nitriles is 1. The predicted octanol–water partition coefficient (Wildman–Crippen LogP) is 0.915. The normalized spacial score (nSPS) is 15.5. The number of rotatable bonds is 5. The van der Waals surface area contributed by atoms with E-state index in [0.717, 1.165) is 19.4 Å². The average Bonchev–Trinajstić information content (AvgIpc) is 2.05. The van der Waals surface area contributed by atoms with E-state index < -0.39 is 5.54 Å². The predicted molar refractivity (Wildman–Crippen MR) is 44.2 cm³/mol. The molecule has 0 aromatic carbocycles. The molecule has 0 rings (SSSR count). The second-order valence-corrected chi connectivity index (χ2v) is 2.79. The van der Waals surface area contributed by atoms with Crippen molar-refractivity contribution in [2.24, 2.45) is 0 Å². The van der Waals surface area contributed by atoms with Crippen LogP contribution in [0.4, 0.5) is 0 Å². The first-order valence-electron chi connectivity index (χ1n) is 3.77. The Hall–Kier alpha value is -0.590. The first-order valence-corrected chi connectivity index (χ1v) is 3.77. The van der Waals surface area contributed by atoms with E-state index in [4.69, 9.17) is 10.00 Å². The largest absolute Gasteiger partial charge is 0.385 e. The van der Waals surface area contributed by atoms with E-state index in [-0.39, 0.29) is 0 Å². The van der Waals surface area contributed by atoms with Gasteiger partial charge in [0.2, 0.25) is 0 Å². The maximum Gasteiger partial charge on any atom is 0.103 e. The van der Waals surface area contributed by atoms with Crippen LogP contribution in [-0.4, -0.2) is 26.3 Å². The number of ether oxygens (including phenoxy) is 1. The fraction of sp³-hybridized carbons (Fsp3) is 0.875. The Morgan fingerprint density at radius 2 is 2.27 bits per heavy atom. The Morgan fingerprint density at radius 3 is 2.64 bits per heavy atom. The Kier molecular flexibility index (Phi) is 4.84. The van der Waals surface area contributed by atoms with Crippen LogP contribution in [0.5, 0.6) is 0 Å². The van der Waals surface area contributed by atoms with E-state index in [0.29, 0.717) is 0 Å². The Morgan fingerprint density at radius 1 is 1.64 bits per heavy atom. The van der Waals surface area contributed by atoms with E-state index in [1.165, 1.54) is 0 Å². The minimum absolute atomic E-state index is 0.390. The van der Waals surface area contributed by atoms with E-state index in [2.05, 4.69) is 11.4 Å². The summed E-state index contributed by atoms with van der Waals surface area (Å²) in [6.07, 6.45) is 1.75. The van der Waals surface area contributed by atoms with Crippen molar-refractivity contribution in [2.75, 3.05) is 20.8 Å². The third kappa shape index (κ3) is 3.97. The highest BCUT2D eigenvalue weighted by molar-refractivity contribution is 5.02. The summed E-state index contributed by atoms with van der Waals surface area (Å²) in [5.41, 5.74) is -0.390. The summed E-state index contributed by atoms with van der Waals surface area (Å²) in [5.74, 6) is 0. The van der Waals surface area contributed by atoms with Crippen LogP contribution in [0.25, 0.3) is 0 Å². The molecule has 64 valence electrons. The highest BCUT2D eigenvalue weighted by Crippen LogP contribution is 2.09. The van der Waals surface area contributed by atoms with Gasteiger partial charge in [0.25, 0.3) is 0 Å². The molecule has 0 aliphatic carbocycles. The molecular weight excluding hydrogens is 140 g/mol.